The van der Waals surface area contributed by atoms with Crippen molar-refractivity contribution in [2.45, 2.75) is 155 Å². The minimum atomic E-state index is -4.40. The number of likely N-dealkylation sites (N-methyl/N-ethyl adjacent to an activating group) is 1. The van der Waals surface area contributed by atoms with E-state index in [0.717, 1.165) is 64.2 Å². The second-order valence-corrected chi connectivity index (χ2v) is 16.5. The molecule has 0 saturated carbocycles. The molecule has 2 atom stereocenters. The summed E-state index contributed by atoms with van der Waals surface area (Å²) in [4.78, 5) is 47.0. The monoisotopic (exact) mass is 795 g/mol. The molecule has 1 N–H and O–H groups in total. The quantitative estimate of drug-likeness (QED) is 0.0124. The summed E-state index contributed by atoms with van der Waals surface area (Å²) in [7, 11) is 1.39. The maximum Gasteiger partial charge on any atom is 0.472 e. The van der Waals surface area contributed by atoms with Gasteiger partial charge in [0.15, 0.2) is 11.9 Å². The van der Waals surface area contributed by atoms with Gasteiger partial charge >= 0.3 is 19.8 Å². The van der Waals surface area contributed by atoms with Gasteiger partial charge in [0.2, 0.25) is 0 Å². The van der Waals surface area contributed by atoms with E-state index in [9.17, 15) is 23.8 Å². The highest BCUT2D eigenvalue weighted by Crippen LogP contribution is 2.43. The van der Waals surface area contributed by atoms with Crippen LogP contribution in [0.4, 0.5) is 0 Å². The molecule has 55 heavy (non-hydrogen) atoms. The lowest BCUT2D eigenvalue weighted by Crippen LogP contribution is -2.37. The van der Waals surface area contributed by atoms with E-state index < -0.39 is 32.5 Å². The summed E-state index contributed by atoms with van der Waals surface area (Å²) in [5, 5.41) is 0. The van der Waals surface area contributed by atoms with Crippen molar-refractivity contribution in [3.05, 3.63) is 60.8 Å². The van der Waals surface area contributed by atoms with Crippen molar-refractivity contribution in [1.29, 1.82) is 0 Å². The Hall–Kier alpha value is -2.62. The molecular weight excluding hydrogens is 717 g/mol. The molecule has 0 saturated heterocycles. The highest BCUT2D eigenvalue weighted by atomic mass is 31.2. The normalized spacial score (nSPS) is 14.1. The van der Waals surface area contributed by atoms with Gasteiger partial charge in [-0.25, -0.2) is 4.57 Å². The van der Waals surface area contributed by atoms with E-state index in [0.29, 0.717) is 36.7 Å². The zero-order valence-electron chi connectivity index (χ0n) is 35.1. The lowest BCUT2D eigenvalue weighted by atomic mass is 10.1. The number of ketones is 1. The number of esters is 2. The number of phosphoric acid groups is 1. The number of rotatable bonds is 37. The summed E-state index contributed by atoms with van der Waals surface area (Å²) in [5.41, 5.74) is 0. The molecule has 0 aromatic heterocycles. The van der Waals surface area contributed by atoms with E-state index in [-0.39, 0.29) is 31.8 Å². The molecule has 0 aliphatic rings. The first-order valence-corrected chi connectivity index (χ1v) is 22.5. The van der Waals surface area contributed by atoms with Gasteiger partial charge in [0, 0.05) is 19.3 Å². The number of allylic oxidation sites excluding steroid dienone is 10. The summed E-state index contributed by atoms with van der Waals surface area (Å²) in [5.74, 6) is -0.748. The number of hydrogen-bond donors (Lipinski definition) is 1. The first-order chi connectivity index (χ1) is 26.4. The fraction of sp³-hybridized carbons (Fsp3) is 0.705. The van der Waals surface area contributed by atoms with E-state index in [1.807, 2.05) is 45.4 Å². The third-order valence-corrected chi connectivity index (χ3v) is 9.48. The summed E-state index contributed by atoms with van der Waals surface area (Å²) in [6.45, 7) is 4.12. The summed E-state index contributed by atoms with van der Waals surface area (Å²) >= 11 is 0. The average molecular weight is 795 g/mol. The highest BCUT2D eigenvalue weighted by molar-refractivity contribution is 7.47. The third-order valence-electron chi connectivity index (χ3n) is 8.50. The number of hydrogen-bond acceptors (Lipinski definition) is 8. The molecular formula is C44H77NO9P+. The summed E-state index contributed by atoms with van der Waals surface area (Å²) < 4.78 is 34.1. The molecule has 0 radical (unpaired) electrons. The third kappa shape index (κ3) is 39.4. The van der Waals surface area contributed by atoms with E-state index >= 15 is 0 Å². The first-order valence-electron chi connectivity index (χ1n) is 21.0. The predicted molar refractivity (Wildman–Crippen MR) is 224 cm³/mol. The number of quaternary nitrogens is 1. The Morgan fingerprint density at radius 2 is 1.16 bits per heavy atom. The van der Waals surface area contributed by atoms with E-state index in [1.54, 1.807) is 12.2 Å². The van der Waals surface area contributed by atoms with Crippen LogP contribution in [0, 0.1) is 0 Å². The molecule has 316 valence electrons. The fourth-order valence-electron chi connectivity index (χ4n) is 5.13. The van der Waals surface area contributed by atoms with Gasteiger partial charge in [-0.3, -0.25) is 23.4 Å². The van der Waals surface area contributed by atoms with Crippen molar-refractivity contribution in [1.82, 2.24) is 0 Å². The second-order valence-electron chi connectivity index (χ2n) is 15.1. The van der Waals surface area contributed by atoms with Gasteiger partial charge in [-0.2, -0.15) is 0 Å². The average Bonchev–Trinajstić information content (AvgIpc) is 3.12. The van der Waals surface area contributed by atoms with Crippen LogP contribution in [0.5, 0.6) is 0 Å². The van der Waals surface area contributed by atoms with Gasteiger partial charge in [-0.05, 0) is 70.3 Å². The Morgan fingerprint density at radius 3 is 1.85 bits per heavy atom. The van der Waals surface area contributed by atoms with Crippen LogP contribution >= 0.6 is 7.82 Å². The van der Waals surface area contributed by atoms with Crippen molar-refractivity contribution in [3.63, 3.8) is 0 Å². The van der Waals surface area contributed by atoms with Crippen LogP contribution in [0.1, 0.15) is 149 Å². The zero-order chi connectivity index (χ0) is 40.9. The SMILES string of the molecule is CCCCCC/C=C\CCCCCCCC(=O)OC[C@H](COP(=O)(O)OCC[N+](C)(C)C)OC(=O)CCC/C=C\C/C=C\C/C=C\C=C\C(=O)CCCCC. The van der Waals surface area contributed by atoms with Crippen LogP contribution in [-0.2, 0) is 37.5 Å². The fourth-order valence-corrected chi connectivity index (χ4v) is 5.87. The van der Waals surface area contributed by atoms with Gasteiger partial charge in [-0.15, -0.1) is 0 Å². The van der Waals surface area contributed by atoms with Crippen molar-refractivity contribution in [2.24, 2.45) is 0 Å². The predicted octanol–water partition coefficient (Wildman–Crippen LogP) is 10.9. The van der Waals surface area contributed by atoms with Crippen molar-refractivity contribution >= 4 is 25.5 Å². The molecule has 1 unspecified atom stereocenters. The molecule has 0 aliphatic heterocycles. The maximum atomic E-state index is 12.6. The van der Waals surface area contributed by atoms with Crippen LogP contribution in [0.2, 0.25) is 0 Å². The molecule has 0 aromatic rings. The molecule has 0 spiro atoms. The van der Waals surface area contributed by atoms with E-state index in [1.165, 1.54) is 32.1 Å². The maximum absolute atomic E-state index is 12.6. The molecule has 10 nitrogen and oxygen atoms in total. The number of ether oxygens (including phenoxy) is 2. The lowest BCUT2D eigenvalue weighted by Gasteiger charge is -2.24. The summed E-state index contributed by atoms with van der Waals surface area (Å²) in [6, 6.07) is 0. The van der Waals surface area contributed by atoms with E-state index in [4.69, 9.17) is 18.5 Å². The number of phosphoric ester groups is 1. The molecule has 11 heteroatoms. The Bertz CT molecular complexity index is 1190. The van der Waals surface area contributed by atoms with Crippen LogP contribution in [0.25, 0.3) is 0 Å². The van der Waals surface area contributed by atoms with Crippen LogP contribution in [0.3, 0.4) is 0 Å². The largest absolute Gasteiger partial charge is 0.472 e. The number of carbonyl (C=O) groups excluding carboxylic acids is 3. The lowest BCUT2D eigenvalue weighted by molar-refractivity contribution is -0.870. The van der Waals surface area contributed by atoms with Gasteiger partial charge in [0.05, 0.1) is 27.7 Å². The first kappa shape index (κ1) is 52.4. The molecule has 0 aromatic carbocycles. The van der Waals surface area contributed by atoms with Crippen LogP contribution < -0.4 is 0 Å². The molecule has 0 rings (SSSR count). The van der Waals surface area contributed by atoms with Crippen molar-refractivity contribution in [2.75, 3.05) is 47.5 Å². The summed E-state index contributed by atoms with van der Waals surface area (Å²) in [6.07, 6.45) is 38.3. The van der Waals surface area contributed by atoms with Gasteiger partial charge < -0.3 is 18.9 Å². The zero-order valence-corrected chi connectivity index (χ0v) is 36.0. The van der Waals surface area contributed by atoms with Crippen LogP contribution in [0.15, 0.2) is 60.8 Å². The minimum Gasteiger partial charge on any atom is -0.462 e. The second kappa shape index (κ2) is 35.8. The van der Waals surface area contributed by atoms with Gasteiger partial charge in [0.25, 0.3) is 0 Å². The van der Waals surface area contributed by atoms with Crippen LogP contribution in [-0.4, -0.2) is 80.7 Å². The Labute approximate surface area is 334 Å². The topological polar surface area (TPSA) is 125 Å². The minimum absolute atomic E-state index is 0.00692. The Balaban J connectivity index is 4.56. The number of carbonyl (C=O) groups is 3. The van der Waals surface area contributed by atoms with E-state index in [2.05, 4.69) is 38.2 Å². The number of unbranched alkanes of at least 4 members (excludes halogenated alkanes) is 12. The Morgan fingerprint density at radius 1 is 0.618 bits per heavy atom. The smallest absolute Gasteiger partial charge is 0.462 e. The van der Waals surface area contributed by atoms with Crippen molar-refractivity contribution in [3.8, 4) is 0 Å². The molecule has 0 fully saturated rings. The Kier molecular flexibility index (Phi) is 34.1. The highest BCUT2D eigenvalue weighted by Gasteiger charge is 2.27. The van der Waals surface area contributed by atoms with Crippen molar-refractivity contribution < 1.29 is 46.8 Å². The number of nitrogens with zero attached hydrogens (tertiary/aromatic N) is 1. The molecule has 0 amide bonds. The van der Waals surface area contributed by atoms with Gasteiger partial charge in [-0.1, -0.05) is 120 Å². The molecule has 0 bridgehead atoms. The standard InChI is InChI=1S/C44H76NO9P/c1-6-8-10-11-12-13-14-15-18-21-24-27-31-35-43(47)51-39-42(40-53-55(49,50)52-38-37-45(3,4)5)54-44(48)36-32-28-25-22-19-16-17-20-23-26-30-34-41(46)33-29-9-7-2/h13-14,16-17,22-23,25-26,30,34,42H,6-12,15,18-21,24,27-29,31-33,35-40H2,1-5H3/p+1/b14-13-,17-16-,25-22-,26-23-,34-30+/t42-/m1/s1. The molecule has 0 heterocycles. The van der Waals surface area contributed by atoms with Gasteiger partial charge in [0.1, 0.15) is 19.8 Å². The molecule has 0 aliphatic carbocycles.